The summed E-state index contributed by atoms with van der Waals surface area (Å²) in [6.07, 6.45) is 0. The van der Waals surface area contributed by atoms with Gasteiger partial charge in [-0.3, -0.25) is 10.1 Å². The van der Waals surface area contributed by atoms with Gasteiger partial charge in [0, 0.05) is 12.1 Å². The van der Waals surface area contributed by atoms with E-state index in [2.05, 4.69) is 5.10 Å². The third kappa shape index (κ3) is 2.27. The van der Waals surface area contributed by atoms with Gasteiger partial charge in [0.25, 0.3) is 15.7 Å². The van der Waals surface area contributed by atoms with Gasteiger partial charge in [-0.1, -0.05) is 11.6 Å². The van der Waals surface area contributed by atoms with Gasteiger partial charge in [0.05, 0.1) is 26.2 Å². The fraction of sp³-hybridized carbons (Fsp3) is 0.182. The summed E-state index contributed by atoms with van der Waals surface area (Å²) in [4.78, 5) is 9.86. The summed E-state index contributed by atoms with van der Waals surface area (Å²) in [6.45, 7) is 3.13. The van der Waals surface area contributed by atoms with Crippen molar-refractivity contribution in [2.75, 3.05) is 0 Å². The van der Waals surface area contributed by atoms with Gasteiger partial charge < -0.3 is 0 Å². The van der Waals surface area contributed by atoms with Crippen LogP contribution in [-0.4, -0.2) is 22.5 Å². The summed E-state index contributed by atoms with van der Waals surface area (Å²) in [5.74, 6) is 0. The fourth-order valence-corrected chi connectivity index (χ4v) is 3.20. The number of aryl methyl sites for hydroxylation is 1. The third-order valence-corrected chi connectivity index (χ3v) is 4.96. The molecule has 1 aromatic heterocycles. The van der Waals surface area contributed by atoms with E-state index in [4.69, 9.17) is 11.6 Å². The molecule has 0 N–H and O–H groups in total. The lowest BCUT2D eigenvalue weighted by Gasteiger charge is -2.06. The number of halogens is 1. The molecule has 1 heterocycles. The minimum absolute atomic E-state index is 0.0923. The van der Waals surface area contributed by atoms with Crippen molar-refractivity contribution in [2.45, 2.75) is 18.7 Å². The summed E-state index contributed by atoms with van der Waals surface area (Å²) >= 11 is 5.92. The van der Waals surface area contributed by atoms with Crippen molar-refractivity contribution >= 4 is 27.3 Å². The first-order valence-electron chi connectivity index (χ1n) is 5.47. The maximum absolute atomic E-state index is 12.4. The van der Waals surface area contributed by atoms with Crippen LogP contribution in [0.4, 0.5) is 5.69 Å². The molecule has 2 aromatic rings. The van der Waals surface area contributed by atoms with Gasteiger partial charge in [-0.15, -0.1) is 0 Å². The third-order valence-electron chi connectivity index (χ3n) is 2.74. The molecule has 20 heavy (non-hydrogen) atoms. The normalized spacial score (nSPS) is 11.6. The molecule has 1 aromatic carbocycles. The number of aromatic nitrogens is 2. The average molecular weight is 316 g/mol. The van der Waals surface area contributed by atoms with Crippen LogP contribution in [0.2, 0.25) is 5.02 Å². The molecule has 0 saturated carbocycles. The van der Waals surface area contributed by atoms with Crippen molar-refractivity contribution in [3.8, 4) is 0 Å². The van der Waals surface area contributed by atoms with Gasteiger partial charge in [0.1, 0.15) is 0 Å². The van der Waals surface area contributed by atoms with Crippen LogP contribution in [0.1, 0.15) is 11.4 Å². The topological polar surface area (TPSA) is 95.1 Å². The minimum Gasteiger partial charge on any atom is -0.258 e. The smallest absolute Gasteiger partial charge is 0.258 e. The van der Waals surface area contributed by atoms with E-state index < -0.39 is 14.9 Å². The van der Waals surface area contributed by atoms with E-state index >= 15 is 0 Å². The molecule has 0 atom stereocenters. The zero-order valence-corrected chi connectivity index (χ0v) is 12.1. The highest BCUT2D eigenvalue weighted by Gasteiger charge is 2.23. The molecule has 0 radical (unpaired) electrons. The number of rotatable bonds is 3. The first-order chi connectivity index (χ1) is 9.25. The molecule has 0 aliphatic rings. The van der Waals surface area contributed by atoms with Crippen molar-refractivity contribution in [1.82, 2.24) is 9.19 Å². The monoisotopic (exact) mass is 315 g/mol. The molecular weight excluding hydrogens is 306 g/mol. The maximum Gasteiger partial charge on any atom is 0.283 e. The molecule has 0 fully saturated rings. The largest absolute Gasteiger partial charge is 0.283 e. The molecule has 106 valence electrons. The number of nitro groups is 1. The van der Waals surface area contributed by atoms with Crippen molar-refractivity contribution in [1.29, 1.82) is 0 Å². The lowest BCUT2D eigenvalue weighted by molar-refractivity contribution is -0.384. The van der Waals surface area contributed by atoms with Crippen LogP contribution in [0.5, 0.6) is 0 Å². The van der Waals surface area contributed by atoms with Crippen LogP contribution in [0.3, 0.4) is 0 Å². The summed E-state index contributed by atoms with van der Waals surface area (Å²) in [5.41, 5.74) is 0.507. The molecule has 7 nitrogen and oxygen atoms in total. The summed E-state index contributed by atoms with van der Waals surface area (Å²) < 4.78 is 25.6. The highest BCUT2D eigenvalue weighted by atomic mass is 35.5. The van der Waals surface area contributed by atoms with Crippen molar-refractivity contribution < 1.29 is 13.3 Å². The molecule has 0 amide bonds. The van der Waals surface area contributed by atoms with Crippen LogP contribution in [-0.2, 0) is 10.0 Å². The second kappa shape index (κ2) is 4.88. The summed E-state index contributed by atoms with van der Waals surface area (Å²) in [5, 5.41) is 14.7. The van der Waals surface area contributed by atoms with Crippen LogP contribution >= 0.6 is 11.6 Å². The Morgan fingerprint density at radius 2 is 1.80 bits per heavy atom. The Balaban J connectivity index is 2.55. The SMILES string of the molecule is Cc1nn(S(=O)(=O)c2ccc([N+](=O)[O-])cc2)c(C)c1Cl. The van der Waals surface area contributed by atoms with Crippen molar-refractivity contribution in [2.24, 2.45) is 0 Å². The maximum atomic E-state index is 12.4. The molecule has 9 heteroatoms. The van der Waals surface area contributed by atoms with Gasteiger partial charge in [0.15, 0.2) is 0 Å². The van der Waals surface area contributed by atoms with Gasteiger partial charge in [-0.2, -0.15) is 17.6 Å². The van der Waals surface area contributed by atoms with E-state index in [1.165, 1.54) is 6.92 Å². The van der Waals surface area contributed by atoms with E-state index in [0.717, 1.165) is 28.4 Å². The molecule has 0 aliphatic heterocycles. The van der Waals surface area contributed by atoms with E-state index in [1.807, 2.05) is 0 Å². The van der Waals surface area contributed by atoms with Gasteiger partial charge in [0.2, 0.25) is 0 Å². The predicted octanol–water partition coefficient (Wildman–Crippen LogP) is 2.30. The Bertz CT molecular complexity index is 781. The van der Waals surface area contributed by atoms with E-state index in [0.29, 0.717) is 11.4 Å². The summed E-state index contributed by atoms with van der Waals surface area (Å²) in [6, 6.07) is 4.58. The highest BCUT2D eigenvalue weighted by Crippen LogP contribution is 2.24. The molecular formula is C11H10ClN3O4S. The Morgan fingerprint density at radius 1 is 1.25 bits per heavy atom. The Kier molecular flexibility index (Phi) is 3.53. The number of nitro benzene ring substituents is 1. The van der Waals surface area contributed by atoms with Gasteiger partial charge in [-0.25, -0.2) is 0 Å². The molecule has 0 saturated heterocycles. The Hall–Kier alpha value is -1.93. The first-order valence-corrected chi connectivity index (χ1v) is 7.28. The van der Waals surface area contributed by atoms with Crippen LogP contribution < -0.4 is 0 Å². The zero-order chi connectivity index (χ0) is 15.1. The second-order valence-electron chi connectivity index (χ2n) is 4.08. The summed E-state index contributed by atoms with van der Waals surface area (Å²) in [7, 11) is -3.92. The highest BCUT2D eigenvalue weighted by molar-refractivity contribution is 7.89. The quantitative estimate of drug-likeness (QED) is 0.639. The Morgan fingerprint density at radius 3 is 2.20 bits per heavy atom. The molecule has 2 rings (SSSR count). The van der Waals surface area contributed by atoms with Crippen LogP contribution in [0.15, 0.2) is 29.2 Å². The lowest BCUT2D eigenvalue weighted by Crippen LogP contribution is -2.16. The molecule has 0 aliphatic carbocycles. The lowest BCUT2D eigenvalue weighted by atomic mass is 10.3. The van der Waals surface area contributed by atoms with Crippen LogP contribution in [0.25, 0.3) is 0 Å². The molecule has 0 unspecified atom stereocenters. The van der Waals surface area contributed by atoms with Gasteiger partial charge in [-0.05, 0) is 26.0 Å². The number of non-ortho nitro benzene ring substituents is 1. The molecule has 0 bridgehead atoms. The molecule has 0 spiro atoms. The fourth-order valence-electron chi connectivity index (χ4n) is 1.67. The predicted molar refractivity (Wildman–Crippen MR) is 72.4 cm³/mol. The number of benzene rings is 1. The number of nitrogens with zero attached hydrogens (tertiary/aromatic N) is 3. The van der Waals surface area contributed by atoms with Gasteiger partial charge >= 0.3 is 0 Å². The van der Waals surface area contributed by atoms with Crippen molar-refractivity contribution in [3.05, 3.63) is 50.8 Å². The minimum atomic E-state index is -3.92. The zero-order valence-electron chi connectivity index (χ0n) is 10.6. The van der Waals surface area contributed by atoms with E-state index in [-0.39, 0.29) is 15.6 Å². The number of hydrogen-bond acceptors (Lipinski definition) is 5. The standard InChI is InChI=1S/C11H10ClN3O4S/c1-7-11(12)8(2)14(13-7)20(18,19)10-5-3-9(4-6-10)15(16)17/h3-6H,1-2H3. The number of hydrogen-bond donors (Lipinski definition) is 0. The van der Waals surface area contributed by atoms with Crippen molar-refractivity contribution in [3.63, 3.8) is 0 Å². The Labute approximate surface area is 120 Å². The van der Waals surface area contributed by atoms with E-state index in [9.17, 15) is 18.5 Å². The van der Waals surface area contributed by atoms with E-state index in [1.54, 1.807) is 6.92 Å². The van der Waals surface area contributed by atoms with Crippen LogP contribution in [0, 0.1) is 24.0 Å². The average Bonchev–Trinajstić information content (AvgIpc) is 2.67. The first kappa shape index (κ1) is 14.5. The second-order valence-corrected chi connectivity index (χ2v) is 6.23.